The van der Waals surface area contributed by atoms with Gasteiger partial charge in [0.05, 0.1) is 12.3 Å². The van der Waals surface area contributed by atoms with Crippen LogP contribution in [0.4, 0.5) is 0 Å². The molecular weight excluding hydrogens is 278 g/mol. The molecule has 2 rings (SSSR count). The Bertz CT molecular complexity index is 605. The zero-order chi connectivity index (χ0) is 14.7. The van der Waals surface area contributed by atoms with Crippen molar-refractivity contribution in [3.8, 4) is 5.69 Å². The Balaban J connectivity index is 2.40. The van der Waals surface area contributed by atoms with Gasteiger partial charge in [-0.3, -0.25) is 9.36 Å². The lowest BCUT2D eigenvalue weighted by molar-refractivity contribution is -0.136. The van der Waals surface area contributed by atoms with Gasteiger partial charge in [-0.25, -0.2) is 0 Å². The molecule has 1 aromatic carbocycles. The van der Waals surface area contributed by atoms with Crippen molar-refractivity contribution in [2.45, 2.75) is 32.1 Å². The summed E-state index contributed by atoms with van der Waals surface area (Å²) in [5.74, 6) is 1.17. The summed E-state index contributed by atoms with van der Waals surface area (Å²) in [6.07, 6.45) is 0.0157. The van der Waals surface area contributed by atoms with Gasteiger partial charge in [0, 0.05) is 11.6 Å². The summed E-state index contributed by atoms with van der Waals surface area (Å²) in [6, 6.07) is 7.32. The van der Waals surface area contributed by atoms with Crippen molar-refractivity contribution in [1.29, 1.82) is 0 Å². The van der Waals surface area contributed by atoms with Crippen LogP contribution in [-0.4, -0.2) is 25.8 Å². The lowest BCUT2D eigenvalue weighted by atomic mass is 10.1. The topological polar surface area (TPSA) is 68.0 Å². The molecule has 0 bridgehead atoms. The summed E-state index contributed by atoms with van der Waals surface area (Å²) < 4.78 is 1.92. The molecule has 6 heteroatoms. The first-order valence-corrected chi connectivity index (χ1v) is 6.87. The van der Waals surface area contributed by atoms with Crippen molar-refractivity contribution in [2.24, 2.45) is 0 Å². The number of rotatable bonds is 5. The van der Waals surface area contributed by atoms with E-state index in [0.29, 0.717) is 5.82 Å². The highest BCUT2D eigenvalue weighted by molar-refractivity contribution is 6.16. The van der Waals surface area contributed by atoms with Gasteiger partial charge >= 0.3 is 5.97 Å². The minimum Gasteiger partial charge on any atom is -0.481 e. The molecule has 0 unspecified atom stereocenters. The molecule has 0 saturated carbocycles. The third-order valence-electron chi connectivity index (χ3n) is 2.94. The number of aliphatic carboxylic acids is 1. The molecule has 1 heterocycles. The highest BCUT2D eigenvalue weighted by Crippen LogP contribution is 2.21. The van der Waals surface area contributed by atoms with Gasteiger partial charge in [0.2, 0.25) is 0 Å². The lowest BCUT2D eigenvalue weighted by Crippen LogP contribution is -2.06. The fourth-order valence-corrected chi connectivity index (χ4v) is 2.18. The van der Waals surface area contributed by atoms with Gasteiger partial charge in [0.25, 0.3) is 0 Å². The van der Waals surface area contributed by atoms with Crippen molar-refractivity contribution < 1.29 is 9.90 Å². The molecule has 106 valence electrons. The number of hydrogen-bond acceptors (Lipinski definition) is 3. The average molecular weight is 294 g/mol. The van der Waals surface area contributed by atoms with Crippen LogP contribution in [0.3, 0.4) is 0 Å². The van der Waals surface area contributed by atoms with E-state index >= 15 is 0 Å². The maximum atomic E-state index is 10.7. The molecule has 5 nitrogen and oxygen atoms in total. The highest BCUT2D eigenvalue weighted by atomic mass is 35.5. The van der Waals surface area contributed by atoms with Crippen molar-refractivity contribution in [3.63, 3.8) is 0 Å². The number of carbonyl (C=O) groups is 1. The van der Waals surface area contributed by atoms with Crippen molar-refractivity contribution in [1.82, 2.24) is 14.8 Å². The third kappa shape index (κ3) is 2.99. The smallest absolute Gasteiger partial charge is 0.307 e. The minimum atomic E-state index is -0.841. The van der Waals surface area contributed by atoms with Crippen LogP contribution in [0.2, 0.25) is 0 Å². The van der Waals surface area contributed by atoms with Crippen LogP contribution in [-0.2, 0) is 17.1 Å². The molecule has 0 amide bonds. The molecule has 0 atom stereocenters. The van der Waals surface area contributed by atoms with Gasteiger partial charge in [0.1, 0.15) is 5.82 Å². The minimum absolute atomic E-state index is 0.0157. The standard InChI is InChI=1S/C14H16ClN3O2/c1-9(2)14-17-16-12(8-15)18(14)11-5-3-10(4-6-11)7-13(19)20/h3-6,9H,7-8H2,1-2H3,(H,19,20). The Hall–Kier alpha value is -1.88. The van der Waals surface area contributed by atoms with Crippen LogP contribution < -0.4 is 0 Å². The Morgan fingerprint density at radius 2 is 1.95 bits per heavy atom. The van der Waals surface area contributed by atoms with Gasteiger partial charge in [0.15, 0.2) is 5.82 Å². The number of halogens is 1. The summed E-state index contributed by atoms with van der Waals surface area (Å²) in [5, 5.41) is 17.0. The van der Waals surface area contributed by atoms with Gasteiger partial charge in [-0.2, -0.15) is 0 Å². The second-order valence-electron chi connectivity index (χ2n) is 4.84. The largest absolute Gasteiger partial charge is 0.481 e. The average Bonchev–Trinajstić information content (AvgIpc) is 2.83. The van der Waals surface area contributed by atoms with E-state index in [1.54, 1.807) is 12.1 Å². The number of hydrogen-bond donors (Lipinski definition) is 1. The molecular formula is C14H16ClN3O2. The Morgan fingerprint density at radius 1 is 1.30 bits per heavy atom. The maximum absolute atomic E-state index is 10.7. The third-order valence-corrected chi connectivity index (χ3v) is 3.18. The van der Waals surface area contributed by atoms with Crippen LogP contribution in [0.25, 0.3) is 5.69 Å². The normalized spacial score (nSPS) is 11.0. The molecule has 1 aromatic heterocycles. The lowest BCUT2D eigenvalue weighted by Gasteiger charge is -2.11. The van der Waals surface area contributed by atoms with Crippen molar-refractivity contribution in [3.05, 3.63) is 41.5 Å². The van der Waals surface area contributed by atoms with Crippen LogP contribution in [0.15, 0.2) is 24.3 Å². The monoisotopic (exact) mass is 293 g/mol. The molecule has 0 saturated heterocycles. The van der Waals surface area contributed by atoms with E-state index in [9.17, 15) is 4.79 Å². The predicted octanol–water partition coefficient (Wildman–Crippen LogP) is 2.76. The molecule has 0 aliphatic rings. The number of aromatic nitrogens is 3. The zero-order valence-corrected chi connectivity index (χ0v) is 12.1. The first-order valence-electron chi connectivity index (χ1n) is 6.34. The van der Waals surface area contributed by atoms with Crippen LogP contribution >= 0.6 is 11.6 Å². The number of alkyl halides is 1. The van der Waals surface area contributed by atoms with Gasteiger partial charge in [-0.05, 0) is 17.7 Å². The molecule has 1 N–H and O–H groups in total. The van der Waals surface area contributed by atoms with Gasteiger partial charge in [-0.1, -0.05) is 26.0 Å². The highest BCUT2D eigenvalue weighted by Gasteiger charge is 2.15. The van der Waals surface area contributed by atoms with E-state index in [-0.39, 0.29) is 18.2 Å². The maximum Gasteiger partial charge on any atom is 0.307 e. The summed E-state index contributed by atoms with van der Waals surface area (Å²) >= 11 is 5.90. The van der Waals surface area contributed by atoms with E-state index in [2.05, 4.69) is 10.2 Å². The first-order chi connectivity index (χ1) is 9.52. The quantitative estimate of drug-likeness (QED) is 0.861. The summed E-state index contributed by atoms with van der Waals surface area (Å²) in [4.78, 5) is 10.7. The summed E-state index contributed by atoms with van der Waals surface area (Å²) in [6.45, 7) is 4.08. The Labute approximate surface area is 122 Å². The second-order valence-corrected chi connectivity index (χ2v) is 5.10. The number of benzene rings is 1. The van der Waals surface area contributed by atoms with E-state index in [1.165, 1.54) is 0 Å². The van der Waals surface area contributed by atoms with E-state index < -0.39 is 5.97 Å². The molecule has 0 aliphatic carbocycles. The van der Waals surface area contributed by atoms with Gasteiger partial charge in [-0.15, -0.1) is 21.8 Å². The predicted molar refractivity (Wildman–Crippen MR) is 76.3 cm³/mol. The van der Waals surface area contributed by atoms with Crippen LogP contribution in [0.1, 0.15) is 37.0 Å². The van der Waals surface area contributed by atoms with Crippen molar-refractivity contribution in [2.75, 3.05) is 0 Å². The SMILES string of the molecule is CC(C)c1nnc(CCl)n1-c1ccc(CC(=O)O)cc1. The number of nitrogens with zero attached hydrogens (tertiary/aromatic N) is 3. The summed E-state index contributed by atoms with van der Waals surface area (Å²) in [7, 11) is 0. The zero-order valence-electron chi connectivity index (χ0n) is 11.4. The molecule has 0 radical (unpaired) electrons. The molecule has 0 spiro atoms. The van der Waals surface area contributed by atoms with Crippen LogP contribution in [0, 0.1) is 0 Å². The Kier molecular flexibility index (Phi) is 4.39. The molecule has 0 aliphatic heterocycles. The first kappa shape index (κ1) is 14.5. The van der Waals surface area contributed by atoms with Crippen LogP contribution in [0.5, 0.6) is 0 Å². The summed E-state index contributed by atoms with van der Waals surface area (Å²) in [5.41, 5.74) is 1.65. The van der Waals surface area contributed by atoms with E-state index in [4.69, 9.17) is 16.7 Å². The van der Waals surface area contributed by atoms with Crippen molar-refractivity contribution >= 4 is 17.6 Å². The fourth-order valence-electron chi connectivity index (χ4n) is 2.01. The van der Waals surface area contributed by atoms with E-state index in [0.717, 1.165) is 17.1 Å². The van der Waals surface area contributed by atoms with Gasteiger partial charge < -0.3 is 5.11 Å². The molecule has 20 heavy (non-hydrogen) atoms. The number of carboxylic acid groups (broad SMARTS) is 1. The fraction of sp³-hybridized carbons (Fsp3) is 0.357. The Morgan fingerprint density at radius 3 is 2.45 bits per heavy atom. The molecule has 2 aromatic rings. The number of carboxylic acids is 1. The molecule has 0 fully saturated rings. The van der Waals surface area contributed by atoms with E-state index in [1.807, 2.05) is 30.5 Å². The second kappa shape index (κ2) is 6.05.